The van der Waals surface area contributed by atoms with Crippen LogP contribution in [0, 0.1) is 5.92 Å². The topological polar surface area (TPSA) is 108 Å². The lowest BCUT2D eigenvalue weighted by molar-refractivity contribution is -0.122. The van der Waals surface area contributed by atoms with Gasteiger partial charge in [-0.05, 0) is 42.3 Å². The molecule has 0 bridgehead atoms. The molecule has 0 aliphatic rings. The number of amides is 3. The van der Waals surface area contributed by atoms with E-state index >= 15 is 0 Å². The number of rotatable bonds is 8. The van der Waals surface area contributed by atoms with Crippen LogP contribution in [0.2, 0.25) is 0 Å². The summed E-state index contributed by atoms with van der Waals surface area (Å²) < 4.78 is 5.08. The van der Waals surface area contributed by atoms with Gasteiger partial charge in [-0.25, -0.2) is 9.78 Å². The molecule has 2 aromatic carbocycles. The van der Waals surface area contributed by atoms with Gasteiger partial charge in [-0.3, -0.25) is 4.79 Å². The summed E-state index contributed by atoms with van der Waals surface area (Å²) in [6, 6.07) is 14.1. The molecule has 0 aliphatic heterocycles. The number of urea groups is 1. The number of methoxy groups -OCH3 is 1. The van der Waals surface area contributed by atoms with Gasteiger partial charge < -0.3 is 25.7 Å². The molecule has 4 N–H and O–H groups in total. The molecule has 1 atom stereocenters. The number of hydrogen-bond acceptors (Lipinski definition) is 4. The van der Waals surface area contributed by atoms with Gasteiger partial charge in [-0.1, -0.05) is 26.0 Å². The first-order valence-electron chi connectivity index (χ1n) is 9.89. The lowest BCUT2D eigenvalue weighted by atomic mass is 10.0. The first kappa shape index (κ1) is 21.2. The maximum absolute atomic E-state index is 12.4. The number of aromatic amines is 1. The second-order valence-corrected chi connectivity index (χ2v) is 7.29. The normalized spacial score (nSPS) is 11.9. The van der Waals surface area contributed by atoms with E-state index in [4.69, 9.17) is 4.74 Å². The van der Waals surface area contributed by atoms with E-state index in [-0.39, 0.29) is 36.9 Å². The Bertz CT molecular complexity index is 964. The van der Waals surface area contributed by atoms with Crippen LogP contribution in [0.5, 0.6) is 5.75 Å². The number of fused-ring (bicyclic) bond motifs is 1. The van der Waals surface area contributed by atoms with Gasteiger partial charge in [0, 0.05) is 18.7 Å². The van der Waals surface area contributed by atoms with Gasteiger partial charge in [0.25, 0.3) is 0 Å². The molecule has 1 unspecified atom stereocenters. The number of aromatic nitrogens is 2. The molecule has 30 heavy (non-hydrogen) atoms. The smallest absolute Gasteiger partial charge is 0.319 e. The zero-order valence-electron chi connectivity index (χ0n) is 17.4. The molecule has 0 spiro atoms. The van der Waals surface area contributed by atoms with Gasteiger partial charge in [-0.15, -0.1) is 0 Å². The first-order chi connectivity index (χ1) is 14.5. The number of carbonyl (C=O) groups is 2. The van der Waals surface area contributed by atoms with E-state index in [0.717, 1.165) is 16.9 Å². The molecule has 3 aromatic rings. The van der Waals surface area contributed by atoms with Crippen LogP contribution in [0.25, 0.3) is 11.0 Å². The highest BCUT2D eigenvalue weighted by Crippen LogP contribution is 2.22. The third kappa shape index (κ3) is 5.50. The lowest BCUT2D eigenvalue weighted by Crippen LogP contribution is -2.36. The van der Waals surface area contributed by atoms with Gasteiger partial charge in [0.05, 0.1) is 24.2 Å². The van der Waals surface area contributed by atoms with Crippen LogP contribution in [0.3, 0.4) is 0 Å². The number of hydrogen-bond donors (Lipinski definition) is 4. The van der Waals surface area contributed by atoms with E-state index < -0.39 is 0 Å². The summed E-state index contributed by atoms with van der Waals surface area (Å²) in [7, 11) is 1.58. The Morgan fingerprint density at radius 3 is 2.50 bits per heavy atom. The minimum Gasteiger partial charge on any atom is -0.497 e. The molecule has 1 aromatic heterocycles. The molecule has 1 heterocycles. The summed E-state index contributed by atoms with van der Waals surface area (Å²) in [6.07, 6.45) is 0.166. The predicted molar refractivity (Wildman–Crippen MR) is 116 cm³/mol. The fourth-order valence-corrected chi connectivity index (χ4v) is 3.06. The van der Waals surface area contributed by atoms with Gasteiger partial charge in [0.1, 0.15) is 11.6 Å². The van der Waals surface area contributed by atoms with Crippen LogP contribution in [0.1, 0.15) is 32.1 Å². The zero-order chi connectivity index (χ0) is 21.5. The number of benzene rings is 2. The molecule has 8 nitrogen and oxygen atoms in total. The second kappa shape index (κ2) is 9.78. The van der Waals surface area contributed by atoms with Crippen molar-refractivity contribution < 1.29 is 14.3 Å². The molecule has 3 amide bonds. The minimum absolute atomic E-state index is 0.154. The summed E-state index contributed by atoms with van der Waals surface area (Å²) in [5, 5.41) is 8.41. The lowest BCUT2D eigenvalue weighted by Gasteiger charge is -2.20. The van der Waals surface area contributed by atoms with Crippen LogP contribution in [-0.4, -0.2) is 35.6 Å². The van der Waals surface area contributed by atoms with E-state index in [1.807, 2.05) is 38.1 Å². The third-order valence-electron chi connectivity index (χ3n) is 4.67. The third-order valence-corrected chi connectivity index (χ3v) is 4.67. The van der Waals surface area contributed by atoms with Crippen LogP contribution >= 0.6 is 0 Å². The van der Waals surface area contributed by atoms with Crippen LogP contribution in [-0.2, 0) is 4.79 Å². The number of nitrogens with one attached hydrogen (secondary N) is 4. The van der Waals surface area contributed by atoms with Crippen molar-refractivity contribution in [1.82, 2.24) is 20.6 Å². The van der Waals surface area contributed by atoms with E-state index in [2.05, 4.69) is 25.9 Å². The summed E-state index contributed by atoms with van der Waals surface area (Å²) >= 11 is 0. The monoisotopic (exact) mass is 409 g/mol. The SMILES string of the molecule is COc1ccc(NC(=O)NCCC(=O)NC(c2nc3ccccc3[nH]2)C(C)C)cc1. The molecule has 3 rings (SSSR count). The van der Waals surface area contributed by atoms with Crippen molar-refractivity contribution in [1.29, 1.82) is 0 Å². The number of nitrogens with zero attached hydrogens (tertiary/aromatic N) is 1. The maximum atomic E-state index is 12.4. The van der Waals surface area contributed by atoms with Gasteiger partial charge in [0.15, 0.2) is 0 Å². The van der Waals surface area contributed by atoms with Crippen molar-refractivity contribution >= 4 is 28.7 Å². The van der Waals surface area contributed by atoms with Gasteiger partial charge in [0.2, 0.25) is 5.91 Å². The average Bonchev–Trinajstić information content (AvgIpc) is 3.16. The number of para-hydroxylation sites is 2. The summed E-state index contributed by atoms with van der Waals surface area (Å²) in [6.45, 7) is 4.27. The predicted octanol–water partition coefficient (Wildman–Crippen LogP) is 3.60. The molecule has 0 aliphatic carbocycles. The summed E-state index contributed by atoms with van der Waals surface area (Å²) in [4.78, 5) is 32.3. The summed E-state index contributed by atoms with van der Waals surface area (Å²) in [5.41, 5.74) is 2.44. The van der Waals surface area contributed by atoms with Crippen molar-refractivity contribution in [3.05, 3.63) is 54.4 Å². The number of imidazole rings is 1. The van der Waals surface area contributed by atoms with Gasteiger partial charge >= 0.3 is 6.03 Å². The Morgan fingerprint density at radius 1 is 1.10 bits per heavy atom. The molecule has 0 fully saturated rings. The number of carbonyl (C=O) groups excluding carboxylic acids is 2. The zero-order valence-corrected chi connectivity index (χ0v) is 17.4. The van der Waals surface area contributed by atoms with Crippen molar-refractivity contribution in [2.45, 2.75) is 26.3 Å². The van der Waals surface area contributed by atoms with E-state index in [0.29, 0.717) is 11.4 Å². The highest BCUT2D eigenvalue weighted by atomic mass is 16.5. The van der Waals surface area contributed by atoms with Crippen LogP contribution in [0.15, 0.2) is 48.5 Å². The number of anilines is 1. The number of ether oxygens (including phenoxy) is 1. The van der Waals surface area contributed by atoms with Crippen molar-refractivity contribution in [3.63, 3.8) is 0 Å². The number of H-pyrrole nitrogens is 1. The first-order valence-corrected chi connectivity index (χ1v) is 9.89. The highest BCUT2D eigenvalue weighted by Gasteiger charge is 2.21. The molecular formula is C22H27N5O3. The largest absolute Gasteiger partial charge is 0.497 e. The maximum Gasteiger partial charge on any atom is 0.319 e. The van der Waals surface area contributed by atoms with Crippen molar-refractivity contribution in [2.24, 2.45) is 5.92 Å². The molecule has 158 valence electrons. The fraction of sp³-hybridized carbons (Fsp3) is 0.318. The summed E-state index contributed by atoms with van der Waals surface area (Å²) in [5.74, 6) is 1.44. The quantitative estimate of drug-likeness (QED) is 0.456. The standard InChI is InChI=1S/C22H27N5O3/c1-14(2)20(21-25-17-6-4-5-7-18(17)26-21)27-19(28)12-13-23-22(29)24-15-8-10-16(30-3)11-9-15/h4-11,14,20H,12-13H2,1-3H3,(H,25,26)(H,27,28)(H2,23,24,29). The van der Waals surface area contributed by atoms with Crippen LogP contribution < -0.4 is 20.7 Å². The minimum atomic E-state index is -0.370. The van der Waals surface area contributed by atoms with E-state index in [1.165, 1.54) is 0 Å². The van der Waals surface area contributed by atoms with Crippen molar-refractivity contribution in [2.75, 3.05) is 19.0 Å². The highest BCUT2D eigenvalue weighted by molar-refractivity contribution is 5.89. The Labute approximate surface area is 175 Å². The van der Waals surface area contributed by atoms with Gasteiger partial charge in [-0.2, -0.15) is 0 Å². The van der Waals surface area contributed by atoms with E-state index in [9.17, 15) is 9.59 Å². The molecule has 0 saturated carbocycles. The average molecular weight is 409 g/mol. The molecule has 8 heteroatoms. The van der Waals surface area contributed by atoms with E-state index in [1.54, 1.807) is 31.4 Å². The Hall–Kier alpha value is -3.55. The molecule has 0 saturated heterocycles. The van der Waals surface area contributed by atoms with Crippen LogP contribution in [0.4, 0.5) is 10.5 Å². The molecular weight excluding hydrogens is 382 g/mol. The van der Waals surface area contributed by atoms with Crippen molar-refractivity contribution in [3.8, 4) is 5.75 Å². The fourth-order valence-electron chi connectivity index (χ4n) is 3.06. The molecule has 0 radical (unpaired) electrons. The Kier molecular flexibility index (Phi) is 6.90. The second-order valence-electron chi connectivity index (χ2n) is 7.29. The Balaban J connectivity index is 1.48. The Morgan fingerprint density at radius 2 is 1.83 bits per heavy atom.